The predicted molar refractivity (Wildman–Crippen MR) is 119 cm³/mol. The van der Waals surface area contributed by atoms with Crippen LogP contribution in [0.2, 0.25) is 5.02 Å². The van der Waals surface area contributed by atoms with E-state index in [0.29, 0.717) is 28.2 Å². The third-order valence-electron chi connectivity index (χ3n) is 5.05. The van der Waals surface area contributed by atoms with Crippen LogP contribution in [0.25, 0.3) is 6.08 Å². The number of Topliss-reactive ketones (excluding diaryl/α,β-unsaturated/α-hetero) is 2. The standard InChI is InChI=1S/C25H17ClO6/c1-31-21-12-15(10-19-22(27)17-4-2-3-5-18(17)23(19)28)11-20(26)24(21)32-13-14-6-8-16(9-7-14)25(29)30/h2-12H,13H2,1H3,(H,29,30). The number of halogens is 1. The van der Waals surface area contributed by atoms with Crippen LogP contribution in [-0.4, -0.2) is 29.8 Å². The molecular weight excluding hydrogens is 432 g/mol. The number of carbonyl (C=O) groups excluding carboxylic acids is 2. The first kappa shape index (κ1) is 21.3. The minimum Gasteiger partial charge on any atom is -0.493 e. The highest BCUT2D eigenvalue weighted by Gasteiger charge is 2.32. The van der Waals surface area contributed by atoms with Gasteiger partial charge in [-0.1, -0.05) is 48.0 Å². The highest BCUT2D eigenvalue weighted by molar-refractivity contribution is 6.41. The van der Waals surface area contributed by atoms with Crippen molar-refractivity contribution in [3.8, 4) is 11.5 Å². The number of carbonyl (C=O) groups is 3. The monoisotopic (exact) mass is 448 g/mol. The van der Waals surface area contributed by atoms with Crippen LogP contribution in [-0.2, 0) is 6.61 Å². The molecule has 160 valence electrons. The number of ketones is 2. The van der Waals surface area contributed by atoms with Crippen molar-refractivity contribution in [2.24, 2.45) is 0 Å². The average molecular weight is 449 g/mol. The fraction of sp³-hybridized carbons (Fsp3) is 0.0800. The fourth-order valence-corrected chi connectivity index (χ4v) is 3.71. The predicted octanol–water partition coefficient (Wildman–Crippen LogP) is 5.09. The van der Waals surface area contributed by atoms with Gasteiger partial charge in [-0.05, 0) is 41.5 Å². The van der Waals surface area contributed by atoms with Gasteiger partial charge in [-0.2, -0.15) is 0 Å². The molecule has 0 aromatic heterocycles. The molecule has 0 aliphatic heterocycles. The molecule has 7 heteroatoms. The number of carboxylic acid groups (broad SMARTS) is 1. The second-order valence-electron chi connectivity index (χ2n) is 7.09. The molecule has 1 N–H and O–H groups in total. The van der Waals surface area contributed by atoms with Crippen molar-refractivity contribution in [3.63, 3.8) is 0 Å². The average Bonchev–Trinajstić information content (AvgIpc) is 3.03. The summed E-state index contributed by atoms with van der Waals surface area (Å²) in [6.45, 7) is 0.142. The Hall–Kier alpha value is -3.90. The van der Waals surface area contributed by atoms with Crippen molar-refractivity contribution < 1.29 is 29.0 Å². The zero-order valence-electron chi connectivity index (χ0n) is 16.9. The number of aromatic carboxylic acids is 1. The second kappa shape index (κ2) is 8.69. The maximum Gasteiger partial charge on any atom is 0.335 e. The number of methoxy groups -OCH3 is 1. The quantitative estimate of drug-likeness (QED) is 0.417. The fourth-order valence-electron chi connectivity index (χ4n) is 3.43. The Kier molecular flexibility index (Phi) is 5.79. The van der Waals surface area contributed by atoms with Crippen molar-refractivity contribution in [1.82, 2.24) is 0 Å². The number of hydrogen-bond acceptors (Lipinski definition) is 5. The number of benzene rings is 3. The van der Waals surface area contributed by atoms with Gasteiger partial charge in [0.15, 0.2) is 23.1 Å². The first-order chi connectivity index (χ1) is 15.4. The summed E-state index contributed by atoms with van der Waals surface area (Å²) in [5, 5.41) is 9.23. The first-order valence-corrected chi connectivity index (χ1v) is 9.99. The van der Waals surface area contributed by atoms with E-state index >= 15 is 0 Å². The molecule has 0 unspecified atom stereocenters. The number of fused-ring (bicyclic) bond motifs is 1. The summed E-state index contributed by atoms with van der Waals surface area (Å²) in [4.78, 5) is 36.2. The maximum atomic E-state index is 12.6. The number of allylic oxidation sites excluding steroid dienone is 1. The van der Waals surface area contributed by atoms with Gasteiger partial charge in [0.25, 0.3) is 0 Å². The molecule has 0 saturated heterocycles. The van der Waals surface area contributed by atoms with Crippen molar-refractivity contribution in [1.29, 1.82) is 0 Å². The normalized spacial score (nSPS) is 12.5. The summed E-state index contributed by atoms with van der Waals surface area (Å²) in [5.74, 6) is -1.03. The van der Waals surface area contributed by atoms with Crippen molar-refractivity contribution >= 4 is 35.2 Å². The molecule has 0 atom stereocenters. The highest BCUT2D eigenvalue weighted by atomic mass is 35.5. The Balaban J connectivity index is 1.59. The van der Waals surface area contributed by atoms with Crippen molar-refractivity contribution in [2.75, 3.05) is 7.11 Å². The number of hydrogen-bond donors (Lipinski definition) is 1. The lowest BCUT2D eigenvalue weighted by Crippen LogP contribution is -2.02. The maximum absolute atomic E-state index is 12.6. The Bertz CT molecular complexity index is 1240. The topological polar surface area (TPSA) is 89.9 Å². The number of carboxylic acids is 1. The molecule has 0 amide bonds. The Morgan fingerprint density at radius 1 is 1.00 bits per heavy atom. The lowest BCUT2D eigenvalue weighted by Gasteiger charge is -2.14. The number of ether oxygens (including phenoxy) is 2. The molecule has 0 radical (unpaired) electrons. The summed E-state index contributed by atoms with van der Waals surface area (Å²) < 4.78 is 11.2. The highest BCUT2D eigenvalue weighted by Crippen LogP contribution is 2.38. The molecule has 0 bridgehead atoms. The summed E-state index contributed by atoms with van der Waals surface area (Å²) in [7, 11) is 1.46. The lowest BCUT2D eigenvalue weighted by molar-refractivity contribution is 0.0696. The lowest BCUT2D eigenvalue weighted by atomic mass is 10.1. The minimum atomic E-state index is -1.01. The Morgan fingerprint density at radius 2 is 1.62 bits per heavy atom. The van der Waals surface area contributed by atoms with Gasteiger partial charge in [0.05, 0.1) is 23.3 Å². The molecule has 1 aliphatic rings. The molecule has 0 heterocycles. The van der Waals surface area contributed by atoms with Crippen LogP contribution < -0.4 is 9.47 Å². The van der Waals surface area contributed by atoms with Gasteiger partial charge in [-0.25, -0.2) is 4.79 Å². The van der Waals surface area contributed by atoms with Crippen LogP contribution in [0.4, 0.5) is 0 Å². The molecular formula is C25H17ClO6. The minimum absolute atomic E-state index is 0.0662. The molecule has 3 aromatic carbocycles. The van der Waals surface area contributed by atoms with E-state index in [2.05, 4.69) is 0 Å². The summed E-state index contributed by atoms with van der Waals surface area (Å²) >= 11 is 6.41. The van der Waals surface area contributed by atoms with Gasteiger partial charge in [0.2, 0.25) is 0 Å². The van der Waals surface area contributed by atoms with Crippen LogP contribution >= 0.6 is 11.6 Å². The van der Waals surface area contributed by atoms with Gasteiger partial charge in [-0.3, -0.25) is 9.59 Å². The van der Waals surface area contributed by atoms with Crippen LogP contribution in [0.15, 0.2) is 66.2 Å². The van der Waals surface area contributed by atoms with Crippen LogP contribution in [0.3, 0.4) is 0 Å². The molecule has 0 fully saturated rings. The van der Waals surface area contributed by atoms with E-state index in [-0.39, 0.29) is 34.3 Å². The second-order valence-corrected chi connectivity index (χ2v) is 7.49. The van der Waals surface area contributed by atoms with E-state index in [4.69, 9.17) is 26.2 Å². The Morgan fingerprint density at radius 3 is 2.19 bits per heavy atom. The van der Waals surface area contributed by atoms with Crippen LogP contribution in [0.1, 0.15) is 42.2 Å². The third-order valence-corrected chi connectivity index (χ3v) is 5.33. The van der Waals surface area contributed by atoms with E-state index in [1.165, 1.54) is 25.3 Å². The van der Waals surface area contributed by atoms with Crippen molar-refractivity contribution in [2.45, 2.75) is 6.61 Å². The number of rotatable bonds is 6. The molecule has 6 nitrogen and oxygen atoms in total. The van der Waals surface area contributed by atoms with Crippen LogP contribution in [0, 0.1) is 0 Å². The molecule has 3 aromatic rings. The van der Waals surface area contributed by atoms with E-state index in [9.17, 15) is 14.4 Å². The smallest absolute Gasteiger partial charge is 0.335 e. The molecule has 0 spiro atoms. The van der Waals surface area contributed by atoms with Gasteiger partial charge < -0.3 is 14.6 Å². The van der Waals surface area contributed by atoms with Crippen LogP contribution in [0.5, 0.6) is 11.5 Å². The van der Waals surface area contributed by atoms with E-state index in [1.807, 2.05) is 0 Å². The first-order valence-electron chi connectivity index (χ1n) is 9.61. The molecule has 1 aliphatic carbocycles. The SMILES string of the molecule is COc1cc(C=C2C(=O)c3ccccc3C2=O)cc(Cl)c1OCc1ccc(C(=O)O)cc1. The van der Waals surface area contributed by atoms with Crippen molar-refractivity contribution in [3.05, 3.63) is 99.1 Å². The van der Waals surface area contributed by atoms with Gasteiger partial charge in [0, 0.05) is 11.1 Å². The van der Waals surface area contributed by atoms with Gasteiger partial charge in [0.1, 0.15) is 6.61 Å². The van der Waals surface area contributed by atoms with E-state index in [1.54, 1.807) is 48.5 Å². The van der Waals surface area contributed by atoms with Gasteiger partial charge in [-0.15, -0.1) is 0 Å². The largest absolute Gasteiger partial charge is 0.493 e. The molecule has 0 saturated carbocycles. The summed E-state index contributed by atoms with van der Waals surface area (Å²) in [5.41, 5.74) is 2.29. The zero-order chi connectivity index (χ0) is 22.8. The zero-order valence-corrected chi connectivity index (χ0v) is 17.7. The summed E-state index contributed by atoms with van der Waals surface area (Å²) in [6.07, 6.45) is 1.49. The van der Waals surface area contributed by atoms with E-state index < -0.39 is 5.97 Å². The molecule has 4 rings (SSSR count). The Labute approximate surface area is 188 Å². The van der Waals surface area contributed by atoms with Gasteiger partial charge >= 0.3 is 5.97 Å². The van der Waals surface area contributed by atoms with E-state index in [0.717, 1.165) is 5.56 Å². The third kappa shape index (κ3) is 4.00. The summed E-state index contributed by atoms with van der Waals surface area (Å²) in [6, 6.07) is 16.2. The molecule has 32 heavy (non-hydrogen) atoms.